The standard InChI is InChI=1S/C4H5NO3/c5-4(8)3(7)1-2-6/h1-2,6H,(H2,5,8). The fraction of sp³-hybridized carbons (Fsp3) is 0. The van der Waals surface area contributed by atoms with E-state index in [2.05, 4.69) is 5.73 Å². The first-order valence-electron chi connectivity index (χ1n) is 1.83. The number of ketones is 1. The van der Waals surface area contributed by atoms with E-state index in [0.717, 1.165) is 0 Å². The van der Waals surface area contributed by atoms with Crippen molar-refractivity contribution in [1.82, 2.24) is 0 Å². The Labute approximate surface area is 45.6 Å². The number of carbonyl (C=O) groups excluding carboxylic acids is 2. The van der Waals surface area contributed by atoms with Gasteiger partial charge in [-0.05, 0) is 0 Å². The molecule has 0 aliphatic heterocycles. The maximum Gasteiger partial charge on any atom is 0.289 e. The monoisotopic (exact) mass is 115 g/mol. The second-order valence-electron chi connectivity index (χ2n) is 1.04. The highest BCUT2D eigenvalue weighted by atomic mass is 16.2. The Balaban J connectivity index is 3.85. The van der Waals surface area contributed by atoms with Crippen molar-refractivity contribution in [2.24, 2.45) is 5.73 Å². The van der Waals surface area contributed by atoms with Gasteiger partial charge in [0.2, 0.25) is 5.78 Å². The number of rotatable bonds is 2. The Kier molecular flexibility index (Phi) is 2.33. The molecule has 0 heterocycles. The highest BCUT2D eigenvalue weighted by molar-refractivity contribution is 6.39. The van der Waals surface area contributed by atoms with Gasteiger partial charge in [0, 0.05) is 6.08 Å². The first-order chi connectivity index (χ1) is 3.68. The first kappa shape index (κ1) is 6.68. The van der Waals surface area contributed by atoms with E-state index in [4.69, 9.17) is 5.11 Å². The van der Waals surface area contributed by atoms with Crippen LogP contribution in [0.5, 0.6) is 0 Å². The molecule has 0 rings (SSSR count). The van der Waals surface area contributed by atoms with Gasteiger partial charge in [-0.25, -0.2) is 0 Å². The lowest BCUT2D eigenvalue weighted by Gasteiger charge is -1.79. The highest BCUT2D eigenvalue weighted by Crippen LogP contribution is 1.70. The molecule has 1 amide bonds. The summed E-state index contributed by atoms with van der Waals surface area (Å²) in [5, 5.41) is 7.88. The predicted octanol–water partition coefficient (Wildman–Crippen LogP) is -0.888. The molecule has 0 aromatic rings. The Hall–Kier alpha value is -1.32. The second kappa shape index (κ2) is 2.79. The quantitative estimate of drug-likeness (QED) is 0.278. The molecule has 0 aromatic heterocycles. The van der Waals surface area contributed by atoms with Crippen LogP contribution in [-0.4, -0.2) is 16.8 Å². The van der Waals surface area contributed by atoms with Gasteiger partial charge in [0.05, 0.1) is 6.26 Å². The summed E-state index contributed by atoms with van der Waals surface area (Å²) in [6.07, 6.45) is 1.15. The van der Waals surface area contributed by atoms with Crippen molar-refractivity contribution in [3.8, 4) is 0 Å². The number of hydrogen-bond donors (Lipinski definition) is 2. The summed E-state index contributed by atoms with van der Waals surface area (Å²) in [6, 6.07) is 0. The topological polar surface area (TPSA) is 80.4 Å². The van der Waals surface area contributed by atoms with Gasteiger partial charge in [-0.1, -0.05) is 0 Å². The van der Waals surface area contributed by atoms with E-state index in [1.54, 1.807) is 0 Å². The molecule has 0 radical (unpaired) electrons. The van der Waals surface area contributed by atoms with Crippen molar-refractivity contribution < 1.29 is 14.7 Å². The fourth-order valence-electron chi connectivity index (χ4n) is 0.150. The second-order valence-corrected chi connectivity index (χ2v) is 1.04. The summed E-state index contributed by atoms with van der Waals surface area (Å²) in [7, 11) is 0. The Morgan fingerprint density at radius 1 is 1.50 bits per heavy atom. The SMILES string of the molecule is NC(=O)C(=O)C=CO. The molecule has 0 unspecified atom stereocenters. The minimum Gasteiger partial charge on any atom is -0.515 e. The molecule has 0 aromatic carbocycles. The number of aliphatic hydroxyl groups excluding tert-OH is 1. The van der Waals surface area contributed by atoms with Crippen molar-refractivity contribution in [1.29, 1.82) is 0 Å². The Bertz CT molecular complexity index is 138. The van der Waals surface area contributed by atoms with Crippen LogP contribution in [0.25, 0.3) is 0 Å². The van der Waals surface area contributed by atoms with E-state index >= 15 is 0 Å². The number of hydrogen-bond acceptors (Lipinski definition) is 3. The molecule has 0 aliphatic rings. The summed E-state index contributed by atoms with van der Waals surface area (Å²) in [5.41, 5.74) is 4.47. The molecule has 0 spiro atoms. The zero-order chi connectivity index (χ0) is 6.57. The summed E-state index contributed by atoms with van der Waals surface area (Å²) in [6.45, 7) is 0. The largest absolute Gasteiger partial charge is 0.515 e. The van der Waals surface area contributed by atoms with Gasteiger partial charge >= 0.3 is 0 Å². The minimum absolute atomic E-state index is 0.465. The van der Waals surface area contributed by atoms with E-state index in [-0.39, 0.29) is 0 Å². The van der Waals surface area contributed by atoms with E-state index < -0.39 is 11.7 Å². The van der Waals surface area contributed by atoms with Crippen LogP contribution in [0, 0.1) is 0 Å². The van der Waals surface area contributed by atoms with Crippen LogP contribution in [0.15, 0.2) is 12.3 Å². The zero-order valence-electron chi connectivity index (χ0n) is 4.00. The lowest BCUT2D eigenvalue weighted by molar-refractivity contribution is -0.133. The lowest BCUT2D eigenvalue weighted by atomic mass is 10.4. The molecule has 4 nitrogen and oxygen atoms in total. The molecule has 0 bridgehead atoms. The smallest absolute Gasteiger partial charge is 0.289 e. The van der Waals surface area contributed by atoms with Gasteiger partial charge in [-0.15, -0.1) is 0 Å². The molecule has 0 saturated carbocycles. The molecule has 0 saturated heterocycles. The van der Waals surface area contributed by atoms with Gasteiger partial charge in [-0.2, -0.15) is 0 Å². The van der Waals surface area contributed by atoms with Crippen molar-refractivity contribution in [2.45, 2.75) is 0 Å². The number of primary amides is 1. The number of amides is 1. The third-order valence-corrected chi connectivity index (χ3v) is 0.469. The molecule has 3 N–H and O–H groups in total. The fourth-order valence-corrected chi connectivity index (χ4v) is 0.150. The Morgan fingerprint density at radius 3 is 2.12 bits per heavy atom. The molecule has 8 heavy (non-hydrogen) atoms. The van der Waals surface area contributed by atoms with Crippen LogP contribution in [0.3, 0.4) is 0 Å². The van der Waals surface area contributed by atoms with Gasteiger partial charge < -0.3 is 10.8 Å². The number of aliphatic hydroxyl groups is 1. The van der Waals surface area contributed by atoms with Crippen molar-refractivity contribution >= 4 is 11.7 Å². The summed E-state index contributed by atoms with van der Waals surface area (Å²) in [5.74, 6) is -1.98. The summed E-state index contributed by atoms with van der Waals surface area (Å²) in [4.78, 5) is 19.8. The molecule has 0 atom stereocenters. The first-order valence-corrected chi connectivity index (χ1v) is 1.83. The van der Waals surface area contributed by atoms with Crippen LogP contribution in [0.2, 0.25) is 0 Å². The lowest BCUT2D eigenvalue weighted by Crippen LogP contribution is -2.20. The van der Waals surface area contributed by atoms with Gasteiger partial charge in [0.1, 0.15) is 0 Å². The normalized spacial score (nSPS) is 9.50. The molecule has 44 valence electrons. The molecule has 0 aliphatic carbocycles. The average molecular weight is 115 g/mol. The summed E-state index contributed by atoms with van der Waals surface area (Å²) < 4.78 is 0. The van der Waals surface area contributed by atoms with E-state index in [9.17, 15) is 9.59 Å². The zero-order valence-corrected chi connectivity index (χ0v) is 4.00. The van der Waals surface area contributed by atoms with Crippen LogP contribution in [0.1, 0.15) is 0 Å². The van der Waals surface area contributed by atoms with Crippen LogP contribution < -0.4 is 5.73 Å². The average Bonchev–Trinajstić information content (AvgIpc) is 1.67. The van der Waals surface area contributed by atoms with Crippen LogP contribution in [0.4, 0.5) is 0 Å². The predicted molar refractivity (Wildman–Crippen MR) is 26.0 cm³/mol. The number of carbonyl (C=O) groups is 2. The highest BCUT2D eigenvalue weighted by Gasteiger charge is 2.01. The molecule has 0 fully saturated rings. The number of nitrogens with two attached hydrogens (primary N) is 1. The Morgan fingerprint density at radius 2 is 2.00 bits per heavy atom. The molecular formula is C4H5NO3. The van der Waals surface area contributed by atoms with Crippen molar-refractivity contribution in [2.75, 3.05) is 0 Å². The van der Waals surface area contributed by atoms with Crippen LogP contribution in [-0.2, 0) is 9.59 Å². The summed E-state index contributed by atoms with van der Waals surface area (Å²) >= 11 is 0. The van der Waals surface area contributed by atoms with E-state index in [1.165, 1.54) is 0 Å². The maximum absolute atomic E-state index is 10.0. The van der Waals surface area contributed by atoms with E-state index in [0.29, 0.717) is 12.3 Å². The maximum atomic E-state index is 10.0. The molecule has 4 heteroatoms. The van der Waals surface area contributed by atoms with Gasteiger partial charge in [0.15, 0.2) is 0 Å². The third-order valence-electron chi connectivity index (χ3n) is 0.469. The van der Waals surface area contributed by atoms with Crippen molar-refractivity contribution in [3.05, 3.63) is 12.3 Å². The van der Waals surface area contributed by atoms with E-state index in [1.807, 2.05) is 0 Å². The third kappa shape index (κ3) is 1.96. The minimum atomic E-state index is -1.07. The van der Waals surface area contributed by atoms with Gasteiger partial charge in [0.25, 0.3) is 5.91 Å². The van der Waals surface area contributed by atoms with Crippen LogP contribution >= 0.6 is 0 Å². The van der Waals surface area contributed by atoms with Gasteiger partial charge in [-0.3, -0.25) is 9.59 Å². The molecular weight excluding hydrogens is 110 g/mol. The van der Waals surface area contributed by atoms with Crippen molar-refractivity contribution in [3.63, 3.8) is 0 Å².